The van der Waals surface area contributed by atoms with E-state index < -0.39 is 0 Å². The Morgan fingerprint density at radius 3 is 2.29 bits per heavy atom. The quantitative estimate of drug-likeness (QED) is 0.604. The van der Waals surface area contributed by atoms with Crippen molar-refractivity contribution in [2.24, 2.45) is 0 Å². The number of phenolic OH excluding ortho intramolecular Hbond substituents is 1. The summed E-state index contributed by atoms with van der Waals surface area (Å²) in [4.78, 5) is 26.8. The lowest BCUT2D eigenvalue weighted by Crippen LogP contribution is -2.48. The van der Waals surface area contributed by atoms with Crippen molar-refractivity contribution in [2.75, 3.05) is 26.2 Å². The second-order valence-electron chi connectivity index (χ2n) is 9.49. The van der Waals surface area contributed by atoms with Crippen molar-refractivity contribution in [3.05, 3.63) is 66.0 Å². The van der Waals surface area contributed by atoms with Crippen LogP contribution >= 0.6 is 0 Å². The molecule has 0 bridgehead atoms. The van der Waals surface area contributed by atoms with E-state index in [9.17, 15) is 9.90 Å². The number of aryl methyl sites for hydroxylation is 1. The number of rotatable bonds is 4. The number of phenols is 1. The third-order valence-electron chi connectivity index (χ3n) is 7.22. The van der Waals surface area contributed by atoms with Gasteiger partial charge in [-0.25, -0.2) is 9.97 Å². The molecule has 0 aliphatic carbocycles. The van der Waals surface area contributed by atoms with Crippen LogP contribution in [0.25, 0.3) is 22.5 Å². The zero-order chi connectivity index (χ0) is 23.5. The summed E-state index contributed by atoms with van der Waals surface area (Å²) in [5.74, 6) is 0.367. The molecule has 1 aromatic heterocycles. The van der Waals surface area contributed by atoms with E-state index in [2.05, 4.69) is 14.9 Å². The molecule has 0 atom stereocenters. The number of carbonyl (C=O) groups is 1. The molecule has 0 unspecified atom stereocenters. The van der Waals surface area contributed by atoms with Crippen molar-refractivity contribution < 1.29 is 9.90 Å². The lowest BCUT2D eigenvalue weighted by atomic mass is 9.99. The number of carbonyl (C=O) groups excluding carboxylic acids is 1. The van der Waals surface area contributed by atoms with Gasteiger partial charge in [0.05, 0.1) is 11.4 Å². The molecule has 0 saturated carbocycles. The number of nitrogens with zero attached hydrogens (tertiary/aromatic N) is 4. The topological polar surface area (TPSA) is 69.6 Å². The second kappa shape index (κ2) is 9.94. The van der Waals surface area contributed by atoms with Gasteiger partial charge >= 0.3 is 0 Å². The first-order chi connectivity index (χ1) is 16.6. The largest absolute Gasteiger partial charge is 0.508 e. The minimum Gasteiger partial charge on any atom is -0.508 e. The molecular weight excluding hydrogens is 424 g/mol. The minimum atomic E-state index is 0.0994. The normalized spacial score (nSPS) is 17.6. The van der Waals surface area contributed by atoms with Crippen LogP contribution in [0, 0.1) is 6.92 Å². The first-order valence-electron chi connectivity index (χ1n) is 12.3. The fourth-order valence-corrected chi connectivity index (χ4v) is 5.20. The summed E-state index contributed by atoms with van der Waals surface area (Å²) in [5, 5.41) is 9.82. The van der Waals surface area contributed by atoms with Crippen molar-refractivity contribution in [3.8, 4) is 28.3 Å². The summed E-state index contributed by atoms with van der Waals surface area (Å²) < 4.78 is 0. The standard InChI is InChI=1S/C28H32N4O2/c1-20-16-22(8-9-27(20)33)26-18-25(29-19-30-26)21-6-5-7-23(17-21)28(34)32-14-10-24(11-15-32)31-12-3-2-4-13-31/h5-9,16-19,24,33H,2-4,10-15H2,1H3. The molecule has 3 aromatic rings. The summed E-state index contributed by atoms with van der Waals surface area (Å²) in [6.45, 7) is 5.94. The highest BCUT2D eigenvalue weighted by molar-refractivity contribution is 5.95. The van der Waals surface area contributed by atoms with Crippen LogP contribution in [0.5, 0.6) is 5.75 Å². The predicted octanol–water partition coefficient (Wildman–Crippen LogP) is 4.92. The first-order valence-corrected chi connectivity index (χ1v) is 12.3. The monoisotopic (exact) mass is 456 g/mol. The van der Waals surface area contributed by atoms with Crippen LogP contribution < -0.4 is 0 Å². The molecule has 2 aromatic carbocycles. The van der Waals surface area contributed by atoms with E-state index in [1.807, 2.05) is 54.3 Å². The molecule has 2 saturated heterocycles. The highest BCUT2D eigenvalue weighted by Gasteiger charge is 2.28. The number of hydrogen-bond donors (Lipinski definition) is 1. The summed E-state index contributed by atoms with van der Waals surface area (Å²) in [6, 6.07) is 15.7. The van der Waals surface area contributed by atoms with Crippen molar-refractivity contribution in [3.63, 3.8) is 0 Å². The molecule has 6 nitrogen and oxygen atoms in total. The summed E-state index contributed by atoms with van der Waals surface area (Å²) in [7, 11) is 0. The summed E-state index contributed by atoms with van der Waals surface area (Å²) >= 11 is 0. The van der Waals surface area contributed by atoms with E-state index in [0.717, 1.165) is 54.0 Å². The van der Waals surface area contributed by atoms with Crippen molar-refractivity contribution in [1.29, 1.82) is 0 Å². The molecule has 1 N–H and O–H groups in total. The Morgan fingerprint density at radius 1 is 0.882 bits per heavy atom. The molecule has 2 aliphatic heterocycles. The molecule has 2 aliphatic rings. The molecule has 34 heavy (non-hydrogen) atoms. The van der Waals surface area contributed by atoms with Crippen LogP contribution in [0.15, 0.2) is 54.9 Å². The maximum absolute atomic E-state index is 13.3. The van der Waals surface area contributed by atoms with Crippen LogP contribution in [0.3, 0.4) is 0 Å². The Hall–Kier alpha value is -3.25. The molecule has 0 spiro atoms. The van der Waals surface area contributed by atoms with Crippen LogP contribution in [0.1, 0.15) is 48.0 Å². The smallest absolute Gasteiger partial charge is 0.253 e. The highest BCUT2D eigenvalue weighted by atomic mass is 16.3. The van der Waals surface area contributed by atoms with Gasteiger partial charge in [0.15, 0.2) is 0 Å². The van der Waals surface area contributed by atoms with Gasteiger partial charge < -0.3 is 14.9 Å². The third-order valence-corrected chi connectivity index (χ3v) is 7.22. The minimum absolute atomic E-state index is 0.0994. The molecule has 3 heterocycles. The molecule has 0 radical (unpaired) electrons. The zero-order valence-corrected chi connectivity index (χ0v) is 19.8. The number of benzene rings is 2. The second-order valence-corrected chi connectivity index (χ2v) is 9.49. The Labute approximate surface area is 201 Å². The molecule has 6 heteroatoms. The van der Waals surface area contributed by atoms with E-state index in [1.54, 1.807) is 12.4 Å². The van der Waals surface area contributed by atoms with Gasteiger partial charge in [-0.05, 0) is 87.7 Å². The van der Waals surface area contributed by atoms with Crippen LogP contribution in [0.4, 0.5) is 0 Å². The maximum atomic E-state index is 13.3. The molecule has 176 valence electrons. The van der Waals surface area contributed by atoms with Crippen LogP contribution in [-0.2, 0) is 0 Å². The lowest BCUT2D eigenvalue weighted by Gasteiger charge is -2.40. The van der Waals surface area contributed by atoms with Gasteiger partial charge in [-0.3, -0.25) is 4.79 Å². The Morgan fingerprint density at radius 2 is 1.59 bits per heavy atom. The van der Waals surface area contributed by atoms with Gasteiger partial charge in [-0.15, -0.1) is 0 Å². The predicted molar refractivity (Wildman–Crippen MR) is 134 cm³/mol. The van der Waals surface area contributed by atoms with Gasteiger partial charge in [0.25, 0.3) is 5.91 Å². The van der Waals surface area contributed by atoms with Gasteiger partial charge in [0.1, 0.15) is 12.1 Å². The number of piperidine rings is 2. The summed E-state index contributed by atoms with van der Waals surface area (Å²) in [5.41, 5.74) is 4.87. The number of likely N-dealkylation sites (tertiary alicyclic amines) is 2. The fraction of sp³-hybridized carbons (Fsp3) is 0.393. The Balaban J connectivity index is 1.30. The van der Waals surface area contributed by atoms with E-state index >= 15 is 0 Å². The van der Waals surface area contributed by atoms with Gasteiger partial charge in [0, 0.05) is 35.8 Å². The molecule has 2 fully saturated rings. The summed E-state index contributed by atoms with van der Waals surface area (Å²) in [6.07, 6.45) is 7.64. The first kappa shape index (κ1) is 22.5. The van der Waals surface area contributed by atoms with E-state index in [1.165, 1.54) is 32.4 Å². The van der Waals surface area contributed by atoms with Gasteiger partial charge in [0.2, 0.25) is 0 Å². The van der Waals surface area contributed by atoms with Crippen molar-refractivity contribution in [1.82, 2.24) is 19.8 Å². The average molecular weight is 457 g/mol. The average Bonchev–Trinajstić information content (AvgIpc) is 2.90. The van der Waals surface area contributed by atoms with E-state index in [4.69, 9.17) is 0 Å². The number of aromatic nitrogens is 2. The SMILES string of the molecule is Cc1cc(-c2cc(-c3cccc(C(=O)N4CCC(N5CCCCC5)CC4)c3)ncn2)ccc1O. The van der Waals surface area contributed by atoms with E-state index in [-0.39, 0.29) is 11.7 Å². The van der Waals surface area contributed by atoms with Crippen molar-refractivity contribution >= 4 is 5.91 Å². The zero-order valence-electron chi connectivity index (χ0n) is 19.8. The maximum Gasteiger partial charge on any atom is 0.253 e. The fourth-order valence-electron chi connectivity index (χ4n) is 5.20. The number of hydrogen-bond acceptors (Lipinski definition) is 5. The Bertz CT molecular complexity index is 1160. The van der Waals surface area contributed by atoms with Gasteiger partial charge in [-0.2, -0.15) is 0 Å². The van der Waals surface area contributed by atoms with Crippen LogP contribution in [0.2, 0.25) is 0 Å². The number of aromatic hydroxyl groups is 1. The van der Waals surface area contributed by atoms with Crippen molar-refractivity contribution in [2.45, 2.75) is 45.1 Å². The molecule has 1 amide bonds. The van der Waals surface area contributed by atoms with E-state index in [0.29, 0.717) is 11.6 Å². The third kappa shape index (κ3) is 4.82. The lowest BCUT2D eigenvalue weighted by molar-refractivity contribution is 0.0590. The van der Waals surface area contributed by atoms with Crippen LogP contribution in [-0.4, -0.2) is 63.0 Å². The molecular formula is C28H32N4O2. The van der Waals surface area contributed by atoms with Gasteiger partial charge in [-0.1, -0.05) is 18.6 Å². The Kier molecular flexibility index (Phi) is 6.59. The highest BCUT2D eigenvalue weighted by Crippen LogP contribution is 2.28. The molecule has 5 rings (SSSR count). The number of amides is 1.